The molecule has 1 fully saturated rings. The molecule has 5 rings (SSSR count). The molecule has 0 unspecified atom stereocenters. The number of rotatable bonds is 3. The number of anilines is 1. The van der Waals surface area contributed by atoms with Crippen LogP contribution in [0.15, 0.2) is 35.5 Å². The molecule has 0 spiro atoms. The SMILES string of the molecule is CC(C)n1cnc2cc(N3CCN(C(=O)c4cnn5c4OCCC5)CC3)ccc2c1=O. The van der Waals surface area contributed by atoms with Crippen LogP contribution < -0.4 is 15.2 Å². The first-order valence-electron chi connectivity index (χ1n) is 10.8. The van der Waals surface area contributed by atoms with Crippen LogP contribution in [-0.4, -0.2) is 62.9 Å². The number of aryl methyl sites for hydroxylation is 1. The van der Waals surface area contributed by atoms with E-state index in [0.29, 0.717) is 55.1 Å². The molecule has 0 radical (unpaired) electrons. The number of benzene rings is 1. The third kappa shape index (κ3) is 3.43. The highest BCUT2D eigenvalue weighted by molar-refractivity contribution is 5.96. The lowest BCUT2D eigenvalue weighted by molar-refractivity contribution is 0.0740. The van der Waals surface area contributed by atoms with Crippen molar-refractivity contribution >= 4 is 22.5 Å². The van der Waals surface area contributed by atoms with Gasteiger partial charge < -0.3 is 14.5 Å². The monoisotopic (exact) mass is 422 g/mol. The zero-order valence-corrected chi connectivity index (χ0v) is 17.8. The second-order valence-electron chi connectivity index (χ2n) is 8.32. The summed E-state index contributed by atoms with van der Waals surface area (Å²) in [7, 11) is 0. The van der Waals surface area contributed by atoms with Crippen molar-refractivity contribution in [3.05, 3.63) is 46.6 Å². The Morgan fingerprint density at radius 2 is 1.94 bits per heavy atom. The second kappa shape index (κ2) is 7.72. The number of carbonyl (C=O) groups is 1. The molecule has 0 saturated carbocycles. The summed E-state index contributed by atoms with van der Waals surface area (Å²) in [6.45, 7) is 8.00. The zero-order valence-electron chi connectivity index (χ0n) is 17.8. The molecule has 4 heterocycles. The summed E-state index contributed by atoms with van der Waals surface area (Å²) in [4.78, 5) is 34.2. The highest BCUT2D eigenvalue weighted by atomic mass is 16.5. The van der Waals surface area contributed by atoms with Crippen molar-refractivity contribution in [1.29, 1.82) is 0 Å². The molecule has 1 amide bonds. The Balaban J connectivity index is 1.31. The Bertz CT molecular complexity index is 1190. The molecule has 1 saturated heterocycles. The molecular formula is C22H26N6O3. The predicted molar refractivity (Wildman–Crippen MR) is 117 cm³/mol. The van der Waals surface area contributed by atoms with Crippen molar-refractivity contribution in [2.45, 2.75) is 32.9 Å². The van der Waals surface area contributed by atoms with Crippen LogP contribution in [0.4, 0.5) is 5.69 Å². The molecule has 0 aliphatic carbocycles. The molecule has 9 nitrogen and oxygen atoms in total. The van der Waals surface area contributed by atoms with Crippen molar-refractivity contribution in [2.24, 2.45) is 0 Å². The van der Waals surface area contributed by atoms with Gasteiger partial charge in [0.15, 0.2) is 0 Å². The molecule has 1 aromatic carbocycles. The number of amides is 1. The van der Waals surface area contributed by atoms with E-state index in [1.165, 1.54) is 0 Å². The van der Waals surface area contributed by atoms with Gasteiger partial charge in [0.05, 0.1) is 30.0 Å². The molecule has 9 heteroatoms. The fourth-order valence-electron chi connectivity index (χ4n) is 4.24. The third-order valence-electron chi connectivity index (χ3n) is 6.03. The molecule has 2 aliphatic heterocycles. The van der Waals surface area contributed by atoms with E-state index in [-0.39, 0.29) is 17.5 Å². The first-order chi connectivity index (χ1) is 15.0. The third-order valence-corrected chi connectivity index (χ3v) is 6.03. The molecule has 0 atom stereocenters. The van der Waals surface area contributed by atoms with E-state index >= 15 is 0 Å². The van der Waals surface area contributed by atoms with E-state index in [1.807, 2.05) is 36.9 Å². The minimum Gasteiger partial charge on any atom is -0.477 e. The summed E-state index contributed by atoms with van der Waals surface area (Å²) in [6, 6.07) is 5.85. The van der Waals surface area contributed by atoms with Gasteiger partial charge in [0.1, 0.15) is 5.56 Å². The van der Waals surface area contributed by atoms with Crippen molar-refractivity contribution in [3.63, 3.8) is 0 Å². The lowest BCUT2D eigenvalue weighted by Crippen LogP contribution is -2.48. The molecule has 2 aromatic heterocycles. The number of fused-ring (bicyclic) bond motifs is 2. The molecule has 3 aromatic rings. The van der Waals surface area contributed by atoms with Crippen LogP contribution in [0, 0.1) is 0 Å². The number of hydrogen-bond donors (Lipinski definition) is 0. The Kier molecular flexibility index (Phi) is 4.88. The minimum atomic E-state index is -0.0304. The summed E-state index contributed by atoms with van der Waals surface area (Å²) in [5.74, 6) is 0.559. The van der Waals surface area contributed by atoms with E-state index in [1.54, 1.807) is 21.8 Å². The standard InChI is InChI=1S/C22H26N6O3/c1-15(2)27-14-23-19-12-16(4-5-17(19)21(27)30)25-7-9-26(10-8-25)20(29)18-13-24-28-6-3-11-31-22(18)28/h4-5,12-15H,3,6-11H2,1-2H3. The summed E-state index contributed by atoms with van der Waals surface area (Å²) in [5.41, 5.74) is 2.24. The van der Waals surface area contributed by atoms with Gasteiger partial charge in [-0.25, -0.2) is 9.67 Å². The van der Waals surface area contributed by atoms with E-state index in [9.17, 15) is 9.59 Å². The Hall–Kier alpha value is -3.36. The van der Waals surface area contributed by atoms with E-state index in [0.717, 1.165) is 18.7 Å². The fraction of sp³-hybridized carbons (Fsp3) is 0.455. The average Bonchev–Trinajstić information content (AvgIpc) is 3.22. The smallest absolute Gasteiger partial charge is 0.261 e. The maximum Gasteiger partial charge on any atom is 0.261 e. The van der Waals surface area contributed by atoms with Gasteiger partial charge in [-0.05, 0) is 32.0 Å². The zero-order chi connectivity index (χ0) is 21.5. The van der Waals surface area contributed by atoms with Crippen LogP contribution in [0.2, 0.25) is 0 Å². The number of piperazine rings is 1. The molecule has 162 valence electrons. The van der Waals surface area contributed by atoms with Crippen LogP contribution in [-0.2, 0) is 6.54 Å². The second-order valence-corrected chi connectivity index (χ2v) is 8.32. The first-order valence-corrected chi connectivity index (χ1v) is 10.8. The van der Waals surface area contributed by atoms with Crippen LogP contribution in [0.5, 0.6) is 5.88 Å². The maximum absolute atomic E-state index is 13.0. The Morgan fingerprint density at radius 3 is 2.71 bits per heavy atom. The topological polar surface area (TPSA) is 85.5 Å². The van der Waals surface area contributed by atoms with Crippen LogP contribution in [0.1, 0.15) is 36.7 Å². The van der Waals surface area contributed by atoms with Gasteiger partial charge in [-0.1, -0.05) is 0 Å². The van der Waals surface area contributed by atoms with Gasteiger partial charge in [0, 0.05) is 50.9 Å². The highest BCUT2D eigenvalue weighted by Gasteiger charge is 2.28. The summed E-state index contributed by atoms with van der Waals surface area (Å²) < 4.78 is 9.09. The van der Waals surface area contributed by atoms with E-state index < -0.39 is 0 Å². The molecular weight excluding hydrogens is 396 g/mol. The van der Waals surface area contributed by atoms with Gasteiger partial charge in [0.2, 0.25) is 5.88 Å². The Morgan fingerprint density at radius 1 is 1.13 bits per heavy atom. The molecule has 2 aliphatic rings. The van der Waals surface area contributed by atoms with E-state index in [2.05, 4.69) is 15.0 Å². The van der Waals surface area contributed by atoms with Crippen molar-refractivity contribution in [1.82, 2.24) is 24.2 Å². The maximum atomic E-state index is 13.0. The fourth-order valence-corrected chi connectivity index (χ4v) is 4.24. The number of hydrogen-bond acceptors (Lipinski definition) is 6. The molecule has 0 N–H and O–H groups in total. The van der Waals surface area contributed by atoms with Crippen LogP contribution in [0.3, 0.4) is 0 Å². The summed E-state index contributed by atoms with van der Waals surface area (Å²) >= 11 is 0. The lowest BCUT2D eigenvalue weighted by atomic mass is 10.1. The van der Waals surface area contributed by atoms with Gasteiger partial charge >= 0.3 is 0 Å². The van der Waals surface area contributed by atoms with Gasteiger partial charge in [0.25, 0.3) is 11.5 Å². The van der Waals surface area contributed by atoms with Gasteiger partial charge in [-0.3, -0.25) is 14.2 Å². The normalized spacial score (nSPS) is 16.5. The predicted octanol–water partition coefficient (Wildman–Crippen LogP) is 1.92. The largest absolute Gasteiger partial charge is 0.477 e. The lowest BCUT2D eigenvalue weighted by Gasteiger charge is -2.36. The first kappa shape index (κ1) is 19.6. The van der Waals surface area contributed by atoms with Crippen molar-refractivity contribution in [2.75, 3.05) is 37.7 Å². The van der Waals surface area contributed by atoms with Gasteiger partial charge in [-0.15, -0.1) is 0 Å². The molecule has 31 heavy (non-hydrogen) atoms. The van der Waals surface area contributed by atoms with Crippen molar-refractivity contribution in [3.8, 4) is 5.88 Å². The van der Waals surface area contributed by atoms with Crippen LogP contribution in [0.25, 0.3) is 10.9 Å². The summed E-state index contributed by atoms with van der Waals surface area (Å²) in [5, 5.41) is 4.91. The minimum absolute atomic E-state index is 0.0197. The Labute approximate surface area is 179 Å². The van der Waals surface area contributed by atoms with Crippen molar-refractivity contribution < 1.29 is 9.53 Å². The quantitative estimate of drug-likeness (QED) is 0.641. The average molecular weight is 422 g/mol. The highest BCUT2D eigenvalue weighted by Crippen LogP contribution is 2.25. The molecule has 0 bridgehead atoms. The number of ether oxygens (including phenoxy) is 1. The number of aromatic nitrogens is 4. The number of nitrogens with zero attached hydrogens (tertiary/aromatic N) is 6. The number of carbonyl (C=O) groups excluding carboxylic acids is 1. The van der Waals surface area contributed by atoms with Gasteiger partial charge in [-0.2, -0.15) is 5.10 Å². The summed E-state index contributed by atoms with van der Waals surface area (Å²) in [6.07, 6.45) is 4.14. The van der Waals surface area contributed by atoms with Crippen LogP contribution >= 0.6 is 0 Å². The van der Waals surface area contributed by atoms with E-state index in [4.69, 9.17) is 4.74 Å².